The Kier molecular flexibility index (Phi) is 5.38. The number of hydrogen-bond acceptors (Lipinski definition) is 3. The average Bonchev–Trinajstić information content (AvgIpc) is 2.68. The lowest BCUT2D eigenvalue weighted by atomic mass is 9.98. The predicted molar refractivity (Wildman–Crippen MR) is 97.7 cm³/mol. The van der Waals surface area contributed by atoms with Crippen LogP contribution in [0.15, 0.2) is 59.5 Å². The molecule has 26 heavy (non-hydrogen) atoms. The molecule has 0 aromatic heterocycles. The summed E-state index contributed by atoms with van der Waals surface area (Å²) in [5.74, 6) is -0.950. The summed E-state index contributed by atoms with van der Waals surface area (Å²) in [6.45, 7) is 0.558. The van der Waals surface area contributed by atoms with Crippen molar-refractivity contribution < 1.29 is 17.6 Å². The Bertz CT molecular complexity index is 869. The molecule has 1 saturated heterocycles. The van der Waals surface area contributed by atoms with E-state index < -0.39 is 15.9 Å². The maximum absolute atomic E-state index is 13.1. The molecule has 2 aromatic rings. The average molecular weight is 376 g/mol. The van der Waals surface area contributed by atoms with Crippen molar-refractivity contribution >= 4 is 21.6 Å². The SMILES string of the molecule is CN(C(=O)C1CCCN(S(=O)(=O)c2ccccc2)C1)c1ccc(F)cc1. The zero-order chi connectivity index (χ0) is 18.7. The van der Waals surface area contributed by atoms with Gasteiger partial charge in [-0.2, -0.15) is 4.31 Å². The van der Waals surface area contributed by atoms with E-state index in [4.69, 9.17) is 0 Å². The molecule has 0 bridgehead atoms. The monoisotopic (exact) mass is 376 g/mol. The molecule has 2 aromatic carbocycles. The van der Waals surface area contributed by atoms with Crippen molar-refractivity contribution in [3.8, 4) is 0 Å². The van der Waals surface area contributed by atoms with Crippen LogP contribution in [0.1, 0.15) is 12.8 Å². The summed E-state index contributed by atoms with van der Waals surface area (Å²) in [5.41, 5.74) is 0.583. The molecule has 0 aliphatic carbocycles. The minimum Gasteiger partial charge on any atom is -0.315 e. The van der Waals surface area contributed by atoms with Crippen LogP contribution in [0.25, 0.3) is 0 Å². The van der Waals surface area contributed by atoms with E-state index in [1.54, 1.807) is 37.4 Å². The highest BCUT2D eigenvalue weighted by Crippen LogP contribution is 2.26. The summed E-state index contributed by atoms with van der Waals surface area (Å²) in [5, 5.41) is 0. The van der Waals surface area contributed by atoms with Gasteiger partial charge in [-0.25, -0.2) is 12.8 Å². The Morgan fingerprint density at radius 2 is 1.77 bits per heavy atom. The Balaban J connectivity index is 1.75. The summed E-state index contributed by atoms with van der Waals surface area (Å²) >= 11 is 0. The number of piperidine rings is 1. The zero-order valence-corrected chi connectivity index (χ0v) is 15.3. The van der Waals surface area contributed by atoms with Gasteiger partial charge in [0.1, 0.15) is 5.82 Å². The van der Waals surface area contributed by atoms with Gasteiger partial charge in [0.2, 0.25) is 15.9 Å². The molecule has 5 nitrogen and oxygen atoms in total. The Morgan fingerprint density at radius 1 is 1.12 bits per heavy atom. The first-order valence-electron chi connectivity index (χ1n) is 8.48. The van der Waals surface area contributed by atoms with Crippen LogP contribution in [-0.4, -0.2) is 38.8 Å². The molecular weight excluding hydrogens is 355 g/mol. The van der Waals surface area contributed by atoms with Gasteiger partial charge in [0.15, 0.2) is 0 Å². The number of hydrogen-bond donors (Lipinski definition) is 0. The van der Waals surface area contributed by atoms with Crippen LogP contribution in [-0.2, 0) is 14.8 Å². The number of amides is 1. The number of halogens is 1. The van der Waals surface area contributed by atoms with Crippen molar-refractivity contribution in [2.45, 2.75) is 17.7 Å². The quantitative estimate of drug-likeness (QED) is 0.824. The number of sulfonamides is 1. The van der Waals surface area contributed by atoms with Crippen molar-refractivity contribution in [1.82, 2.24) is 4.31 Å². The normalized spacial score (nSPS) is 18.5. The van der Waals surface area contributed by atoms with Gasteiger partial charge in [0, 0.05) is 25.8 Å². The van der Waals surface area contributed by atoms with Gasteiger partial charge in [-0.15, -0.1) is 0 Å². The van der Waals surface area contributed by atoms with Crippen molar-refractivity contribution in [3.63, 3.8) is 0 Å². The Morgan fingerprint density at radius 3 is 2.42 bits per heavy atom. The number of carbonyl (C=O) groups excluding carboxylic acids is 1. The van der Waals surface area contributed by atoms with Crippen molar-refractivity contribution in [1.29, 1.82) is 0 Å². The Labute approximate surface area is 153 Å². The van der Waals surface area contributed by atoms with Gasteiger partial charge < -0.3 is 4.90 Å². The van der Waals surface area contributed by atoms with Crippen molar-refractivity contribution in [3.05, 3.63) is 60.4 Å². The van der Waals surface area contributed by atoms with E-state index in [0.717, 1.165) is 0 Å². The fraction of sp³-hybridized carbons (Fsp3) is 0.316. The van der Waals surface area contributed by atoms with Crippen LogP contribution in [0.3, 0.4) is 0 Å². The van der Waals surface area contributed by atoms with Gasteiger partial charge in [-0.1, -0.05) is 18.2 Å². The van der Waals surface area contributed by atoms with Gasteiger partial charge in [0.05, 0.1) is 10.8 Å². The lowest BCUT2D eigenvalue weighted by Crippen LogP contribution is -2.45. The molecule has 3 rings (SSSR count). The second-order valence-corrected chi connectivity index (χ2v) is 8.33. The van der Waals surface area contributed by atoms with Gasteiger partial charge in [-0.3, -0.25) is 4.79 Å². The maximum Gasteiger partial charge on any atom is 0.243 e. The van der Waals surface area contributed by atoms with Crippen LogP contribution in [0, 0.1) is 11.7 Å². The number of nitrogens with zero attached hydrogens (tertiary/aromatic N) is 2. The molecule has 1 aliphatic rings. The minimum absolute atomic E-state index is 0.154. The van der Waals surface area contributed by atoms with E-state index in [1.807, 2.05) is 0 Å². The molecule has 138 valence electrons. The zero-order valence-electron chi connectivity index (χ0n) is 14.5. The molecule has 1 atom stereocenters. The second-order valence-electron chi connectivity index (χ2n) is 6.39. The second kappa shape index (κ2) is 7.55. The summed E-state index contributed by atoms with van der Waals surface area (Å²) in [6, 6.07) is 13.9. The third-order valence-corrected chi connectivity index (χ3v) is 6.54. The molecule has 1 unspecified atom stereocenters. The molecule has 0 N–H and O–H groups in total. The van der Waals surface area contributed by atoms with E-state index in [1.165, 1.54) is 33.5 Å². The minimum atomic E-state index is -3.61. The molecule has 1 fully saturated rings. The molecule has 7 heteroatoms. The van der Waals surface area contributed by atoms with Crippen molar-refractivity contribution in [2.24, 2.45) is 5.92 Å². The third-order valence-electron chi connectivity index (χ3n) is 4.66. The maximum atomic E-state index is 13.1. The molecule has 1 amide bonds. The first-order valence-corrected chi connectivity index (χ1v) is 9.92. The Hall–Kier alpha value is -2.25. The topological polar surface area (TPSA) is 57.7 Å². The number of carbonyl (C=O) groups is 1. The first-order chi connectivity index (χ1) is 12.4. The van der Waals surface area contributed by atoms with E-state index >= 15 is 0 Å². The molecule has 0 radical (unpaired) electrons. The number of rotatable bonds is 4. The highest BCUT2D eigenvalue weighted by molar-refractivity contribution is 7.89. The lowest BCUT2D eigenvalue weighted by Gasteiger charge is -2.33. The molecule has 1 heterocycles. The fourth-order valence-electron chi connectivity index (χ4n) is 3.17. The molecule has 1 aliphatic heterocycles. The van der Waals surface area contributed by atoms with E-state index in [-0.39, 0.29) is 23.2 Å². The van der Waals surface area contributed by atoms with Crippen LogP contribution < -0.4 is 4.90 Å². The fourth-order valence-corrected chi connectivity index (χ4v) is 4.71. The van der Waals surface area contributed by atoms with Crippen LogP contribution in [0.5, 0.6) is 0 Å². The molecular formula is C19H21FN2O3S. The summed E-state index contributed by atoms with van der Waals surface area (Å²) < 4.78 is 40.0. The third kappa shape index (κ3) is 3.78. The molecule has 0 spiro atoms. The van der Waals surface area contributed by atoms with E-state index in [2.05, 4.69) is 0 Å². The van der Waals surface area contributed by atoms with Crippen LogP contribution in [0.4, 0.5) is 10.1 Å². The predicted octanol–water partition coefficient (Wildman–Crippen LogP) is 2.89. The summed E-state index contributed by atoms with van der Waals surface area (Å²) in [6.07, 6.45) is 1.25. The van der Waals surface area contributed by atoms with Gasteiger partial charge in [0.25, 0.3) is 0 Å². The van der Waals surface area contributed by atoms with Crippen LogP contribution >= 0.6 is 0 Å². The van der Waals surface area contributed by atoms with E-state index in [9.17, 15) is 17.6 Å². The smallest absolute Gasteiger partial charge is 0.243 e. The van der Waals surface area contributed by atoms with E-state index in [0.29, 0.717) is 25.1 Å². The summed E-state index contributed by atoms with van der Waals surface area (Å²) in [7, 11) is -1.99. The summed E-state index contributed by atoms with van der Waals surface area (Å²) in [4.78, 5) is 14.5. The highest BCUT2D eigenvalue weighted by Gasteiger charge is 2.34. The van der Waals surface area contributed by atoms with Gasteiger partial charge >= 0.3 is 0 Å². The van der Waals surface area contributed by atoms with Crippen LogP contribution in [0.2, 0.25) is 0 Å². The number of benzene rings is 2. The van der Waals surface area contributed by atoms with Gasteiger partial charge in [-0.05, 0) is 49.2 Å². The number of anilines is 1. The standard InChI is InChI=1S/C19H21FN2O3S/c1-21(17-11-9-16(20)10-12-17)19(23)15-6-5-13-22(14-15)26(24,25)18-7-3-2-4-8-18/h2-4,7-12,15H,5-6,13-14H2,1H3. The lowest BCUT2D eigenvalue weighted by molar-refractivity contribution is -0.123. The highest BCUT2D eigenvalue weighted by atomic mass is 32.2. The largest absolute Gasteiger partial charge is 0.315 e. The first kappa shape index (κ1) is 18.5. The van der Waals surface area contributed by atoms with Crippen molar-refractivity contribution in [2.75, 3.05) is 25.0 Å². The molecule has 0 saturated carbocycles.